The van der Waals surface area contributed by atoms with Crippen LogP contribution >= 0.6 is 23.2 Å². The second-order valence-electron chi connectivity index (χ2n) is 7.23. The topological polar surface area (TPSA) is 87.7 Å². The number of nitrogens with zero attached hydrogens (tertiary/aromatic N) is 1. The van der Waals surface area contributed by atoms with Crippen molar-refractivity contribution in [2.75, 3.05) is 19.0 Å². The zero-order valence-corrected chi connectivity index (χ0v) is 19.4. The maximum Gasteiger partial charge on any atom is 0.337 e. The maximum atomic E-state index is 12.7. The summed E-state index contributed by atoms with van der Waals surface area (Å²) in [4.78, 5) is 39.4. The van der Waals surface area contributed by atoms with Crippen LogP contribution in [0.15, 0.2) is 53.7 Å². The molecule has 0 radical (unpaired) electrons. The van der Waals surface area contributed by atoms with Gasteiger partial charge in [-0.15, -0.1) is 0 Å². The van der Waals surface area contributed by atoms with E-state index in [1.54, 1.807) is 43.3 Å². The molecule has 0 aromatic heterocycles. The van der Waals surface area contributed by atoms with Crippen LogP contribution in [-0.2, 0) is 9.53 Å². The fraction of sp³-hybridized carbons (Fsp3) is 0.261. The first-order chi connectivity index (χ1) is 15.3. The number of hydrogen-bond acceptors (Lipinski definition) is 4. The molecule has 0 bridgehead atoms. The second kappa shape index (κ2) is 10.1. The first-order valence-corrected chi connectivity index (χ1v) is 10.8. The predicted octanol–water partition coefficient (Wildman–Crippen LogP) is 5.17. The lowest BCUT2D eigenvalue weighted by atomic mass is 9.94. The van der Waals surface area contributed by atoms with E-state index in [2.05, 4.69) is 10.6 Å². The molecule has 2 N–H and O–H groups in total. The molecule has 3 rings (SSSR count). The van der Waals surface area contributed by atoms with Gasteiger partial charge in [-0.05, 0) is 49.2 Å². The highest BCUT2D eigenvalue weighted by Crippen LogP contribution is 2.32. The fourth-order valence-corrected chi connectivity index (χ4v) is 3.83. The Labute approximate surface area is 196 Å². The van der Waals surface area contributed by atoms with Crippen LogP contribution in [-0.4, -0.2) is 36.5 Å². The Morgan fingerprint density at radius 2 is 1.91 bits per heavy atom. The summed E-state index contributed by atoms with van der Waals surface area (Å²) in [6, 6.07) is 10.5. The van der Waals surface area contributed by atoms with Gasteiger partial charge in [-0.3, -0.25) is 9.69 Å². The molecule has 3 amide bonds. The number of halogens is 2. The fourth-order valence-electron chi connectivity index (χ4n) is 3.54. The molecule has 1 aliphatic rings. The van der Waals surface area contributed by atoms with Crippen molar-refractivity contribution in [2.24, 2.45) is 0 Å². The highest BCUT2D eigenvalue weighted by atomic mass is 35.5. The van der Waals surface area contributed by atoms with Crippen LogP contribution < -0.4 is 10.6 Å². The van der Waals surface area contributed by atoms with Crippen LogP contribution in [0.3, 0.4) is 0 Å². The molecule has 7 nitrogen and oxygen atoms in total. The Hall–Kier alpha value is -3.03. The number of anilines is 1. The summed E-state index contributed by atoms with van der Waals surface area (Å²) in [5, 5.41) is 6.30. The number of hydrogen-bond donors (Lipinski definition) is 2. The van der Waals surface area contributed by atoms with Gasteiger partial charge in [0.05, 0.1) is 28.8 Å². The van der Waals surface area contributed by atoms with Gasteiger partial charge in [0.15, 0.2) is 0 Å². The third-order valence-electron chi connectivity index (χ3n) is 5.11. The Kier molecular flexibility index (Phi) is 7.43. The van der Waals surface area contributed by atoms with Gasteiger partial charge in [0.2, 0.25) is 0 Å². The largest absolute Gasteiger partial charge is 0.466 e. The molecular weight excluding hydrogens is 453 g/mol. The molecule has 2 aromatic carbocycles. The van der Waals surface area contributed by atoms with E-state index in [9.17, 15) is 14.4 Å². The summed E-state index contributed by atoms with van der Waals surface area (Å²) in [7, 11) is 1.30. The third kappa shape index (κ3) is 4.89. The highest BCUT2D eigenvalue weighted by Gasteiger charge is 2.36. The molecule has 9 heteroatoms. The van der Waals surface area contributed by atoms with E-state index < -0.39 is 12.0 Å². The van der Waals surface area contributed by atoms with Crippen molar-refractivity contribution in [3.63, 3.8) is 0 Å². The number of nitrogens with one attached hydrogen (secondary N) is 2. The standard InChI is InChI=1S/C23H23Cl2N3O4/c1-4-10-28-13(2)19(22(30)32-3)20(27-23(28)31)14-6-5-7-16(11-14)26-21(29)15-8-9-17(24)18(25)12-15/h5-9,11-12,20H,4,10H2,1-3H3,(H,26,29)(H,27,31). The summed E-state index contributed by atoms with van der Waals surface area (Å²) in [6.07, 6.45) is 0.736. The summed E-state index contributed by atoms with van der Waals surface area (Å²) in [5.41, 5.74) is 2.34. The zero-order valence-electron chi connectivity index (χ0n) is 17.9. The van der Waals surface area contributed by atoms with Crippen LogP contribution in [0.25, 0.3) is 0 Å². The summed E-state index contributed by atoms with van der Waals surface area (Å²) < 4.78 is 4.98. The Morgan fingerprint density at radius 1 is 1.16 bits per heavy atom. The third-order valence-corrected chi connectivity index (χ3v) is 5.85. The molecule has 0 aliphatic carbocycles. The maximum absolute atomic E-state index is 12.7. The number of allylic oxidation sites excluding steroid dienone is 1. The van der Waals surface area contributed by atoms with E-state index in [0.717, 1.165) is 6.42 Å². The van der Waals surface area contributed by atoms with Crippen molar-refractivity contribution in [1.29, 1.82) is 0 Å². The minimum absolute atomic E-state index is 0.276. The van der Waals surface area contributed by atoms with Gasteiger partial charge >= 0.3 is 12.0 Å². The monoisotopic (exact) mass is 475 g/mol. The van der Waals surface area contributed by atoms with Gasteiger partial charge < -0.3 is 15.4 Å². The Balaban J connectivity index is 1.93. The Morgan fingerprint density at radius 3 is 2.56 bits per heavy atom. The molecule has 2 aromatic rings. The molecule has 1 aliphatic heterocycles. The van der Waals surface area contributed by atoms with Crippen molar-refractivity contribution >= 4 is 46.8 Å². The van der Waals surface area contributed by atoms with Gasteiger partial charge in [-0.2, -0.15) is 0 Å². The molecule has 32 heavy (non-hydrogen) atoms. The minimum atomic E-state index is -0.718. The summed E-state index contributed by atoms with van der Waals surface area (Å²) in [5.74, 6) is -0.902. The number of rotatable bonds is 6. The molecule has 168 valence electrons. The van der Waals surface area contributed by atoms with E-state index in [-0.39, 0.29) is 17.0 Å². The predicted molar refractivity (Wildman–Crippen MR) is 124 cm³/mol. The van der Waals surface area contributed by atoms with E-state index in [1.807, 2.05) is 6.92 Å². The van der Waals surface area contributed by atoms with Crippen molar-refractivity contribution < 1.29 is 19.1 Å². The Bertz CT molecular complexity index is 1100. The SMILES string of the molecule is CCCN1C(=O)NC(c2cccc(NC(=O)c3ccc(Cl)c(Cl)c3)c2)C(C(=O)OC)=C1C. The van der Waals surface area contributed by atoms with Gasteiger partial charge in [0.25, 0.3) is 5.91 Å². The lowest BCUT2D eigenvalue weighted by Crippen LogP contribution is -2.48. The van der Waals surface area contributed by atoms with Gasteiger partial charge in [-0.1, -0.05) is 42.3 Å². The first-order valence-electron chi connectivity index (χ1n) is 10.00. The van der Waals surface area contributed by atoms with E-state index >= 15 is 0 Å². The van der Waals surface area contributed by atoms with Crippen LogP contribution in [0.4, 0.5) is 10.5 Å². The first kappa shape index (κ1) is 23.6. The van der Waals surface area contributed by atoms with Gasteiger partial charge in [0, 0.05) is 23.5 Å². The molecule has 0 spiro atoms. The number of urea groups is 1. The normalized spacial score (nSPS) is 16.0. The van der Waals surface area contributed by atoms with E-state index in [0.29, 0.717) is 39.7 Å². The molecule has 0 saturated carbocycles. The van der Waals surface area contributed by atoms with Crippen molar-refractivity contribution in [2.45, 2.75) is 26.3 Å². The number of ether oxygens (including phenoxy) is 1. The van der Waals surface area contributed by atoms with E-state index in [4.69, 9.17) is 27.9 Å². The molecule has 0 saturated heterocycles. The zero-order chi connectivity index (χ0) is 23.4. The van der Waals surface area contributed by atoms with Crippen molar-refractivity contribution in [3.05, 3.63) is 74.9 Å². The smallest absolute Gasteiger partial charge is 0.337 e. The number of amides is 3. The highest BCUT2D eigenvalue weighted by molar-refractivity contribution is 6.42. The molecule has 0 fully saturated rings. The second-order valence-corrected chi connectivity index (χ2v) is 8.05. The number of carbonyl (C=O) groups excluding carboxylic acids is 3. The number of esters is 1. The van der Waals surface area contributed by atoms with Crippen molar-refractivity contribution in [3.8, 4) is 0 Å². The van der Waals surface area contributed by atoms with Crippen LogP contribution in [0.2, 0.25) is 10.0 Å². The van der Waals surface area contributed by atoms with Gasteiger partial charge in [-0.25, -0.2) is 9.59 Å². The molecular formula is C23H23Cl2N3O4. The molecule has 1 atom stereocenters. The number of methoxy groups -OCH3 is 1. The van der Waals surface area contributed by atoms with Crippen LogP contribution in [0, 0.1) is 0 Å². The molecule has 1 unspecified atom stereocenters. The van der Waals surface area contributed by atoms with E-state index in [1.165, 1.54) is 18.1 Å². The number of benzene rings is 2. The lowest BCUT2D eigenvalue weighted by Gasteiger charge is -2.35. The van der Waals surface area contributed by atoms with Crippen LogP contribution in [0.1, 0.15) is 42.2 Å². The average Bonchev–Trinajstić information content (AvgIpc) is 2.77. The summed E-state index contributed by atoms with van der Waals surface area (Å²) >= 11 is 11.9. The van der Waals surface area contributed by atoms with Crippen molar-refractivity contribution in [1.82, 2.24) is 10.2 Å². The molecule has 1 heterocycles. The summed E-state index contributed by atoms with van der Waals surface area (Å²) in [6.45, 7) is 4.15. The minimum Gasteiger partial charge on any atom is -0.466 e. The van der Waals surface area contributed by atoms with Crippen LogP contribution in [0.5, 0.6) is 0 Å². The number of carbonyl (C=O) groups is 3. The lowest BCUT2D eigenvalue weighted by molar-refractivity contribution is -0.136. The van der Waals surface area contributed by atoms with Gasteiger partial charge in [0.1, 0.15) is 0 Å². The average molecular weight is 476 g/mol. The quantitative estimate of drug-likeness (QED) is 0.564.